The molecule has 2 aliphatic carbocycles. The van der Waals surface area contributed by atoms with Crippen molar-refractivity contribution in [3.8, 4) is 11.5 Å². The minimum Gasteiger partial charge on any atom is -0.504 e. The Morgan fingerprint density at radius 1 is 1.26 bits per heavy atom. The maximum Gasteiger partial charge on any atom is 0.321 e. The van der Waals surface area contributed by atoms with E-state index in [1.807, 2.05) is 36.4 Å². The normalized spacial score (nSPS) is 34.2. The fraction of sp³-hybridized carbons (Fsp3) is 0.519. The number of likely N-dealkylation sites (N-methyl/N-ethyl adjacent to an activating group) is 1. The summed E-state index contributed by atoms with van der Waals surface area (Å²) in [5.74, 6) is -0.146. The van der Waals surface area contributed by atoms with Gasteiger partial charge in [-0.1, -0.05) is 36.4 Å². The molecular formula is C27H32N2O5. The number of aromatic hydroxyl groups is 1. The summed E-state index contributed by atoms with van der Waals surface area (Å²) in [7, 11) is 3.97. The number of nitrogens with one attached hydrogen (secondary N) is 1. The van der Waals surface area contributed by atoms with Gasteiger partial charge in [0.25, 0.3) is 0 Å². The number of rotatable bonds is 6. The number of methoxy groups -OCH3 is 1. The van der Waals surface area contributed by atoms with Crippen molar-refractivity contribution in [3.63, 3.8) is 0 Å². The van der Waals surface area contributed by atoms with Crippen LogP contribution in [0.1, 0.15) is 36.0 Å². The van der Waals surface area contributed by atoms with Crippen LogP contribution in [-0.4, -0.2) is 71.6 Å². The van der Waals surface area contributed by atoms with Crippen LogP contribution in [0.15, 0.2) is 42.5 Å². The topological polar surface area (TPSA) is 91.3 Å². The van der Waals surface area contributed by atoms with Crippen molar-refractivity contribution in [1.29, 1.82) is 0 Å². The Labute approximate surface area is 199 Å². The van der Waals surface area contributed by atoms with Gasteiger partial charge >= 0.3 is 5.97 Å². The number of hydrogen-bond donors (Lipinski definition) is 3. The molecule has 1 spiro atoms. The number of carbonyl (C=O) groups is 1. The molecule has 0 unspecified atom stereocenters. The van der Waals surface area contributed by atoms with Gasteiger partial charge in [0.1, 0.15) is 12.1 Å². The number of likely N-dealkylation sites (tertiary alicyclic amines) is 1. The van der Waals surface area contributed by atoms with Crippen molar-refractivity contribution in [3.05, 3.63) is 59.2 Å². The first-order chi connectivity index (χ1) is 16.4. The molecule has 4 aliphatic rings. The van der Waals surface area contributed by atoms with E-state index in [-0.39, 0.29) is 23.9 Å². The summed E-state index contributed by atoms with van der Waals surface area (Å²) in [6.45, 7) is 0.906. The average molecular weight is 465 g/mol. The lowest BCUT2D eigenvalue weighted by Crippen LogP contribution is -2.78. The zero-order chi connectivity index (χ0) is 23.7. The van der Waals surface area contributed by atoms with Crippen molar-refractivity contribution in [2.24, 2.45) is 0 Å². The van der Waals surface area contributed by atoms with Crippen LogP contribution in [0.25, 0.3) is 0 Å². The lowest BCUT2D eigenvalue weighted by Gasteiger charge is -2.65. The van der Waals surface area contributed by atoms with Crippen molar-refractivity contribution in [2.75, 3.05) is 20.7 Å². The van der Waals surface area contributed by atoms with Gasteiger partial charge in [0.05, 0.1) is 11.0 Å². The third-order valence-electron chi connectivity index (χ3n) is 9.05. The van der Waals surface area contributed by atoms with Crippen LogP contribution in [0.2, 0.25) is 0 Å². The van der Waals surface area contributed by atoms with E-state index < -0.39 is 23.0 Å². The van der Waals surface area contributed by atoms with Crippen molar-refractivity contribution in [2.45, 2.75) is 67.3 Å². The monoisotopic (exact) mass is 464 g/mol. The highest BCUT2D eigenvalue weighted by molar-refractivity contribution is 5.74. The quantitative estimate of drug-likeness (QED) is 0.605. The molecule has 2 aliphatic heterocycles. The van der Waals surface area contributed by atoms with Gasteiger partial charge in [-0.25, -0.2) is 0 Å². The standard InChI is InChI=1S/C27H32N2O5/c1-29-13-12-26-22-17-8-9-20(30)23(22)34-24(26)18(10-11-27(26,33-2)21(29)15-17)28-19(25(31)32)14-16-6-4-3-5-7-16/h3-9,18-19,21,24,28,30H,10-15H2,1-2H3,(H,31,32)/t18-,19+,21-,24+,26+,27-/m1/s1. The maximum atomic E-state index is 12.3. The van der Waals surface area contributed by atoms with E-state index in [0.29, 0.717) is 12.2 Å². The highest BCUT2D eigenvalue weighted by Gasteiger charge is 2.73. The highest BCUT2D eigenvalue weighted by Crippen LogP contribution is 2.66. The minimum absolute atomic E-state index is 0.155. The number of phenols is 1. The van der Waals surface area contributed by atoms with E-state index in [4.69, 9.17) is 9.47 Å². The molecule has 2 bridgehead atoms. The summed E-state index contributed by atoms with van der Waals surface area (Å²) in [6, 6.07) is 12.8. The molecule has 2 aromatic rings. The Hall–Kier alpha value is -2.61. The predicted octanol–water partition coefficient (Wildman–Crippen LogP) is 2.48. The number of nitrogens with zero attached hydrogens (tertiary/aromatic N) is 1. The molecular weight excluding hydrogens is 432 g/mol. The molecule has 1 saturated carbocycles. The first kappa shape index (κ1) is 21.9. The number of carboxylic acids is 1. The fourth-order valence-corrected chi connectivity index (χ4v) is 7.64. The van der Waals surface area contributed by atoms with Crippen LogP contribution in [0, 0.1) is 0 Å². The van der Waals surface area contributed by atoms with E-state index in [9.17, 15) is 15.0 Å². The van der Waals surface area contributed by atoms with Gasteiger partial charge in [-0.05, 0) is 62.9 Å². The van der Waals surface area contributed by atoms with Gasteiger partial charge in [-0.3, -0.25) is 10.1 Å². The zero-order valence-corrected chi connectivity index (χ0v) is 19.7. The third kappa shape index (κ3) is 2.78. The van der Waals surface area contributed by atoms with Crippen LogP contribution >= 0.6 is 0 Å². The van der Waals surface area contributed by atoms with Crippen LogP contribution in [0.5, 0.6) is 11.5 Å². The SMILES string of the molecule is CO[C@@]12CC[C@@H](N[C@@H](Cc3ccccc3)C(=O)O)[C@@H]3Oc4c(O)ccc5c4[C@@]31CCN(C)[C@@H]2C5. The van der Waals surface area contributed by atoms with Crippen LogP contribution in [-0.2, 0) is 27.8 Å². The summed E-state index contributed by atoms with van der Waals surface area (Å²) in [4.78, 5) is 14.7. The minimum atomic E-state index is -0.867. The fourth-order valence-electron chi connectivity index (χ4n) is 7.64. The molecule has 1 saturated heterocycles. The summed E-state index contributed by atoms with van der Waals surface area (Å²) < 4.78 is 13.1. The van der Waals surface area contributed by atoms with Crippen molar-refractivity contribution < 1.29 is 24.5 Å². The molecule has 7 heteroatoms. The Morgan fingerprint density at radius 3 is 2.79 bits per heavy atom. The molecule has 3 N–H and O–H groups in total. The van der Waals surface area contributed by atoms with E-state index >= 15 is 0 Å². The van der Waals surface area contributed by atoms with Crippen molar-refractivity contribution >= 4 is 5.97 Å². The number of aliphatic carboxylic acids is 1. The number of phenolic OH excluding ortho intramolecular Hbond substituents is 1. The first-order valence-electron chi connectivity index (χ1n) is 12.2. The third-order valence-corrected chi connectivity index (χ3v) is 9.05. The molecule has 6 atom stereocenters. The second-order valence-electron chi connectivity index (χ2n) is 10.4. The van der Waals surface area contributed by atoms with Crippen LogP contribution in [0.3, 0.4) is 0 Å². The Balaban J connectivity index is 1.42. The van der Waals surface area contributed by atoms with Gasteiger partial charge in [0, 0.05) is 24.8 Å². The van der Waals surface area contributed by atoms with E-state index in [1.165, 1.54) is 5.56 Å². The molecule has 2 fully saturated rings. The van der Waals surface area contributed by atoms with Gasteiger partial charge in [0.15, 0.2) is 11.5 Å². The van der Waals surface area contributed by atoms with Crippen LogP contribution in [0.4, 0.5) is 0 Å². The van der Waals surface area contributed by atoms with Gasteiger partial charge in [0.2, 0.25) is 0 Å². The Bertz CT molecular complexity index is 1120. The number of carboxylic acid groups (broad SMARTS) is 1. The molecule has 2 aromatic carbocycles. The molecule has 180 valence electrons. The molecule has 0 aromatic heterocycles. The highest BCUT2D eigenvalue weighted by atomic mass is 16.5. The lowest BCUT2D eigenvalue weighted by molar-refractivity contribution is -0.204. The lowest BCUT2D eigenvalue weighted by atomic mass is 9.48. The molecule has 7 nitrogen and oxygen atoms in total. The van der Waals surface area contributed by atoms with Crippen LogP contribution < -0.4 is 10.1 Å². The van der Waals surface area contributed by atoms with E-state index in [0.717, 1.165) is 43.4 Å². The second-order valence-corrected chi connectivity index (χ2v) is 10.4. The summed E-state index contributed by atoms with van der Waals surface area (Å²) >= 11 is 0. The smallest absolute Gasteiger partial charge is 0.321 e. The van der Waals surface area contributed by atoms with Gasteiger partial charge in [-0.2, -0.15) is 0 Å². The summed E-state index contributed by atoms with van der Waals surface area (Å²) in [6.07, 6.45) is 3.34. The second kappa shape index (κ2) is 7.70. The number of hydrogen-bond acceptors (Lipinski definition) is 6. The number of ether oxygens (including phenoxy) is 2. The van der Waals surface area contributed by atoms with E-state index in [1.54, 1.807) is 13.2 Å². The Kier molecular flexibility index (Phi) is 4.96. The Morgan fingerprint density at radius 2 is 2.06 bits per heavy atom. The van der Waals surface area contributed by atoms with E-state index in [2.05, 4.69) is 17.3 Å². The number of benzene rings is 2. The zero-order valence-electron chi connectivity index (χ0n) is 19.7. The predicted molar refractivity (Wildman–Crippen MR) is 126 cm³/mol. The number of piperidine rings is 1. The average Bonchev–Trinajstić information content (AvgIpc) is 3.20. The summed E-state index contributed by atoms with van der Waals surface area (Å²) in [5, 5.41) is 24.3. The molecule has 0 amide bonds. The molecule has 34 heavy (non-hydrogen) atoms. The first-order valence-corrected chi connectivity index (χ1v) is 12.2. The maximum absolute atomic E-state index is 12.3. The molecule has 2 heterocycles. The molecule has 6 rings (SSSR count). The van der Waals surface area contributed by atoms with Gasteiger partial charge in [-0.15, -0.1) is 0 Å². The van der Waals surface area contributed by atoms with Crippen molar-refractivity contribution in [1.82, 2.24) is 10.2 Å². The summed E-state index contributed by atoms with van der Waals surface area (Å²) in [5.41, 5.74) is 2.42. The van der Waals surface area contributed by atoms with Gasteiger partial charge < -0.3 is 24.6 Å². The molecule has 0 radical (unpaired) electrons. The largest absolute Gasteiger partial charge is 0.504 e.